The Hall–Kier alpha value is -3.03. The van der Waals surface area contributed by atoms with Gasteiger partial charge in [-0.15, -0.1) is 0 Å². The van der Waals surface area contributed by atoms with Crippen molar-refractivity contribution < 1.29 is 24.2 Å². The molecule has 2 aromatic carbocycles. The number of benzene rings is 2. The number of halogens is 1. The predicted octanol–water partition coefficient (Wildman–Crippen LogP) is 3.34. The van der Waals surface area contributed by atoms with Crippen LogP contribution in [0, 0.1) is 0 Å². The second-order valence-electron chi connectivity index (χ2n) is 7.41. The zero-order valence-electron chi connectivity index (χ0n) is 17.9. The summed E-state index contributed by atoms with van der Waals surface area (Å²) in [6.07, 6.45) is 0. The van der Waals surface area contributed by atoms with Gasteiger partial charge in [-0.3, -0.25) is 9.59 Å². The van der Waals surface area contributed by atoms with Crippen molar-refractivity contribution in [1.29, 1.82) is 0 Å². The van der Waals surface area contributed by atoms with E-state index in [4.69, 9.17) is 21.1 Å². The molecule has 1 heterocycles. The minimum atomic E-state index is -0.833. The number of ketones is 1. The van der Waals surface area contributed by atoms with Gasteiger partial charge in [0.15, 0.2) is 0 Å². The van der Waals surface area contributed by atoms with Crippen LogP contribution < -0.4 is 9.47 Å². The normalized spacial score (nSPS) is 18.0. The quantitative estimate of drug-likeness (QED) is 0.401. The monoisotopic (exact) mass is 444 g/mol. The largest absolute Gasteiger partial charge is 0.507 e. The summed E-state index contributed by atoms with van der Waals surface area (Å²) >= 11 is 5.96. The second-order valence-corrected chi connectivity index (χ2v) is 7.85. The van der Waals surface area contributed by atoms with E-state index in [1.165, 1.54) is 19.1 Å². The molecule has 8 heteroatoms. The molecule has 1 aliphatic rings. The van der Waals surface area contributed by atoms with E-state index in [-0.39, 0.29) is 11.3 Å². The van der Waals surface area contributed by atoms with Crippen molar-refractivity contribution in [2.45, 2.75) is 6.04 Å². The number of carbonyl (C=O) groups excluding carboxylic acids is 2. The van der Waals surface area contributed by atoms with Gasteiger partial charge < -0.3 is 24.4 Å². The number of likely N-dealkylation sites (tertiary alicyclic amines) is 1. The Kier molecular flexibility index (Phi) is 6.87. The van der Waals surface area contributed by atoms with E-state index in [1.54, 1.807) is 42.5 Å². The van der Waals surface area contributed by atoms with E-state index in [2.05, 4.69) is 0 Å². The van der Waals surface area contributed by atoms with Crippen LogP contribution in [0.25, 0.3) is 5.76 Å². The first kappa shape index (κ1) is 22.7. The summed E-state index contributed by atoms with van der Waals surface area (Å²) < 4.78 is 10.9. The van der Waals surface area contributed by atoms with Crippen LogP contribution in [0.15, 0.2) is 48.0 Å². The molecular formula is C23H25ClN2O5. The number of ether oxygens (including phenoxy) is 2. The predicted molar refractivity (Wildman–Crippen MR) is 119 cm³/mol. The van der Waals surface area contributed by atoms with Gasteiger partial charge in [0.05, 0.1) is 25.8 Å². The standard InChI is InChI=1S/C23H25ClN2O5/c1-25(2)11-12-26-20(17-13-16(30-3)9-10-18(17)31-4)19(22(28)23(26)29)21(27)14-5-7-15(24)8-6-14/h5-10,13,20,27H,11-12H2,1-4H3/b21-19+/t20-/m1/s1. The molecule has 31 heavy (non-hydrogen) atoms. The average Bonchev–Trinajstić information content (AvgIpc) is 3.01. The molecular weight excluding hydrogens is 420 g/mol. The van der Waals surface area contributed by atoms with Crippen LogP contribution in [-0.4, -0.2) is 68.0 Å². The lowest BCUT2D eigenvalue weighted by atomic mass is 9.94. The molecule has 7 nitrogen and oxygen atoms in total. The molecule has 164 valence electrons. The highest BCUT2D eigenvalue weighted by atomic mass is 35.5. The van der Waals surface area contributed by atoms with Gasteiger partial charge in [0.25, 0.3) is 11.7 Å². The molecule has 1 fully saturated rings. The maximum atomic E-state index is 13.1. The number of aliphatic hydroxyl groups is 1. The minimum absolute atomic E-state index is 0.00219. The Morgan fingerprint density at radius 2 is 1.77 bits per heavy atom. The maximum absolute atomic E-state index is 13.1. The van der Waals surface area contributed by atoms with E-state index >= 15 is 0 Å². The van der Waals surface area contributed by atoms with Crippen LogP contribution in [0.3, 0.4) is 0 Å². The molecule has 0 bridgehead atoms. The summed E-state index contributed by atoms with van der Waals surface area (Å²) in [7, 11) is 6.80. The highest BCUT2D eigenvalue weighted by Gasteiger charge is 2.47. The number of rotatable bonds is 7. The lowest BCUT2D eigenvalue weighted by Crippen LogP contribution is -2.35. The zero-order chi connectivity index (χ0) is 22.7. The third-order valence-electron chi connectivity index (χ3n) is 5.18. The van der Waals surface area contributed by atoms with Gasteiger partial charge in [-0.05, 0) is 56.6 Å². The lowest BCUT2D eigenvalue weighted by molar-refractivity contribution is -0.140. The molecule has 0 unspecified atom stereocenters. The summed E-state index contributed by atoms with van der Waals surface area (Å²) in [6, 6.07) is 10.7. The molecule has 0 saturated carbocycles. The van der Waals surface area contributed by atoms with Crippen molar-refractivity contribution >= 4 is 29.1 Å². The number of likely N-dealkylation sites (N-methyl/N-ethyl adjacent to an activating group) is 1. The summed E-state index contributed by atoms with van der Waals surface area (Å²) in [5.41, 5.74) is 0.940. The Morgan fingerprint density at radius 1 is 1.10 bits per heavy atom. The van der Waals surface area contributed by atoms with Gasteiger partial charge in [-0.25, -0.2) is 0 Å². The third kappa shape index (κ3) is 4.52. The fourth-order valence-corrected chi connectivity index (χ4v) is 3.68. The van der Waals surface area contributed by atoms with Crippen LogP contribution in [0.1, 0.15) is 17.2 Å². The molecule has 0 radical (unpaired) electrons. The molecule has 1 atom stereocenters. The van der Waals surface area contributed by atoms with E-state index < -0.39 is 17.7 Å². The number of methoxy groups -OCH3 is 2. The number of hydrogen-bond donors (Lipinski definition) is 1. The Bertz CT molecular complexity index is 1020. The topological polar surface area (TPSA) is 79.3 Å². The van der Waals surface area contributed by atoms with E-state index in [1.807, 2.05) is 19.0 Å². The van der Waals surface area contributed by atoms with Gasteiger partial charge in [-0.1, -0.05) is 11.6 Å². The van der Waals surface area contributed by atoms with Gasteiger partial charge >= 0.3 is 0 Å². The van der Waals surface area contributed by atoms with E-state index in [9.17, 15) is 14.7 Å². The Morgan fingerprint density at radius 3 is 2.35 bits per heavy atom. The van der Waals surface area contributed by atoms with Gasteiger partial charge in [0, 0.05) is 29.2 Å². The molecule has 1 N–H and O–H groups in total. The molecule has 0 aliphatic carbocycles. The zero-order valence-corrected chi connectivity index (χ0v) is 18.6. The fraction of sp³-hybridized carbons (Fsp3) is 0.304. The van der Waals surface area contributed by atoms with Crippen molar-refractivity contribution in [1.82, 2.24) is 9.80 Å². The van der Waals surface area contributed by atoms with Crippen molar-refractivity contribution in [2.75, 3.05) is 41.4 Å². The highest BCUT2D eigenvalue weighted by Crippen LogP contribution is 2.43. The second kappa shape index (κ2) is 9.41. The number of carbonyl (C=O) groups is 2. The van der Waals surface area contributed by atoms with Crippen LogP contribution in [-0.2, 0) is 9.59 Å². The molecule has 1 saturated heterocycles. The summed E-state index contributed by atoms with van der Waals surface area (Å²) in [6.45, 7) is 0.830. The first-order valence-electron chi connectivity index (χ1n) is 9.69. The molecule has 1 aliphatic heterocycles. The van der Waals surface area contributed by atoms with Gasteiger partial charge in [0.1, 0.15) is 17.3 Å². The summed E-state index contributed by atoms with van der Waals surface area (Å²) in [4.78, 5) is 29.4. The first-order valence-corrected chi connectivity index (χ1v) is 10.1. The number of hydrogen-bond acceptors (Lipinski definition) is 6. The maximum Gasteiger partial charge on any atom is 0.295 e. The Balaban J connectivity index is 2.23. The minimum Gasteiger partial charge on any atom is -0.507 e. The first-order chi connectivity index (χ1) is 14.8. The SMILES string of the molecule is COc1ccc(OC)c([C@@H]2/C(=C(\O)c3ccc(Cl)cc3)C(=O)C(=O)N2CCN(C)C)c1. The van der Waals surface area contributed by atoms with Crippen LogP contribution >= 0.6 is 11.6 Å². The van der Waals surface area contributed by atoms with Crippen LogP contribution in [0.2, 0.25) is 5.02 Å². The van der Waals surface area contributed by atoms with Gasteiger partial charge in [0.2, 0.25) is 0 Å². The fourth-order valence-electron chi connectivity index (χ4n) is 3.56. The summed E-state index contributed by atoms with van der Waals surface area (Å²) in [5, 5.41) is 11.6. The van der Waals surface area contributed by atoms with E-state index in [0.29, 0.717) is 40.7 Å². The van der Waals surface area contributed by atoms with Crippen LogP contribution in [0.4, 0.5) is 0 Å². The number of aliphatic hydroxyl groups excluding tert-OH is 1. The van der Waals surface area contributed by atoms with Crippen molar-refractivity contribution in [3.8, 4) is 11.5 Å². The molecule has 3 rings (SSSR count). The van der Waals surface area contributed by atoms with E-state index in [0.717, 1.165) is 0 Å². The third-order valence-corrected chi connectivity index (χ3v) is 5.43. The highest BCUT2D eigenvalue weighted by molar-refractivity contribution is 6.46. The Labute approximate surface area is 186 Å². The van der Waals surface area contributed by atoms with Crippen LogP contribution in [0.5, 0.6) is 11.5 Å². The van der Waals surface area contributed by atoms with Crippen molar-refractivity contribution in [3.63, 3.8) is 0 Å². The van der Waals surface area contributed by atoms with Gasteiger partial charge in [-0.2, -0.15) is 0 Å². The molecule has 0 spiro atoms. The lowest BCUT2D eigenvalue weighted by Gasteiger charge is -2.28. The van der Waals surface area contributed by atoms with Crippen molar-refractivity contribution in [2.24, 2.45) is 0 Å². The smallest absolute Gasteiger partial charge is 0.295 e. The average molecular weight is 445 g/mol. The molecule has 2 aromatic rings. The molecule has 1 amide bonds. The number of amides is 1. The number of nitrogens with zero attached hydrogens (tertiary/aromatic N) is 2. The van der Waals surface area contributed by atoms with Crippen molar-refractivity contribution in [3.05, 3.63) is 64.2 Å². The summed E-state index contributed by atoms with van der Waals surface area (Å²) in [5.74, 6) is -0.671. The number of Topliss-reactive ketones (excluding diaryl/α,β-unsaturated/α-hetero) is 1. The molecule has 0 aromatic heterocycles.